The van der Waals surface area contributed by atoms with E-state index in [4.69, 9.17) is 0 Å². The second kappa shape index (κ2) is 6.77. The molecular formula is C17H18Br2O. The van der Waals surface area contributed by atoms with Crippen molar-refractivity contribution in [1.82, 2.24) is 0 Å². The summed E-state index contributed by atoms with van der Waals surface area (Å²) in [5.74, 6) is 0.313. The van der Waals surface area contributed by atoms with Crippen LogP contribution < -0.4 is 0 Å². The molecule has 0 aromatic heterocycles. The molecule has 2 aromatic carbocycles. The van der Waals surface area contributed by atoms with Crippen molar-refractivity contribution in [3.05, 3.63) is 65.2 Å². The van der Waals surface area contributed by atoms with Crippen molar-refractivity contribution in [2.75, 3.05) is 10.7 Å². The van der Waals surface area contributed by atoms with Crippen LogP contribution in [0.25, 0.3) is 0 Å². The Labute approximate surface area is 137 Å². The van der Waals surface area contributed by atoms with Gasteiger partial charge < -0.3 is 5.11 Å². The van der Waals surface area contributed by atoms with Gasteiger partial charge in [-0.3, -0.25) is 0 Å². The quantitative estimate of drug-likeness (QED) is 0.706. The highest BCUT2D eigenvalue weighted by Gasteiger charge is 2.30. The van der Waals surface area contributed by atoms with E-state index in [9.17, 15) is 5.11 Å². The summed E-state index contributed by atoms with van der Waals surface area (Å²) in [6.45, 7) is 2.12. The Kier molecular flexibility index (Phi) is 5.28. The highest BCUT2D eigenvalue weighted by atomic mass is 79.9. The third-order valence-electron chi connectivity index (χ3n) is 3.62. The van der Waals surface area contributed by atoms with Crippen LogP contribution in [0.1, 0.15) is 16.7 Å². The van der Waals surface area contributed by atoms with Crippen LogP contribution in [0.4, 0.5) is 0 Å². The first-order chi connectivity index (χ1) is 9.59. The lowest BCUT2D eigenvalue weighted by atomic mass is 9.78. The maximum Gasteiger partial charge on any atom is 0.115 e. The average Bonchev–Trinajstić information content (AvgIpc) is 2.47. The lowest BCUT2D eigenvalue weighted by Crippen LogP contribution is -2.33. The van der Waals surface area contributed by atoms with Gasteiger partial charge in [-0.05, 0) is 36.6 Å². The number of aryl methyl sites for hydroxylation is 1. The first kappa shape index (κ1) is 15.6. The van der Waals surface area contributed by atoms with E-state index in [-0.39, 0.29) is 5.41 Å². The molecular weight excluding hydrogens is 380 g/mol. The maximum atomic E-state index is 9.40. The smallest absolute Gasteiger partial charge is 0.115 e. The summed E-state index contributed by atoms with van der Waals surface area (Å²) in [7, 11) is 0. The maximum absolute atomic E-state index is 9.40. The molecule has 2 aromatic rings. The molecule has 1 nitrogen and oxygen atoms in total. The Balaban J connectivity index is 2.36. The molecule has 0 heterocycles. The number of phenols is 1. The van der Waals surface area contributed by atoms with Gasteiger partial charge in [-0.2, -0.15) is 0 Å². The predicted octanol–water partition coefficient (Wildman–Crippen LogP) is 4.97. The van der Waals surface area contributed by atoms with Crippen LogP contribution in [-0.4, -0.2) is 15.8 Å². The summed E-state index contributed by atoms with van der Waals surface area (Å²) in [5.41, 5.74) is 3.85. The van der Waals surface area contributed by atoms with Crippen molar-refractivity contribution >= 4 is 31.9 Å². The molecule has 0 bridgehead atoms. The molecule has 0 aliphatic rings. The van der Waals surface area contributed by atoms with Gasteiger partial charge in [0.1, 0.15) is 5.75 Å². The third-order valence-corrected chi connectivity index (χ3v) is 5.77. The number of halogens is 2. The monoisotopic (exact) mass is 396 g/mol. The van der Waals surface area contributed by atoms with Crippen LogP contribution in [0.2, 0.25) is 0 Å². The average molecular weight is 398 g/mol. The number of rotatable bonds is 5. The molecule has 0 unspecified atom stereocenters. The summed E-state index contributed by atoms with van der Waals surface area (Å²) in [5, 5.41) is 11.2. The number of alkyl halides is 2. The first-order valence-electron chi connectivity index (χ1n) is 6.57. The number of hydrogen-bond donors (Lipinski definition) is 1. The molecule has 0 aliphatic heterocycles. The van der Waals surface area contributed by atoms with Gasteiger partial charge in [0, 0.05) is 16.1 Å². The highest BCUT2D eigenvalue weighted by molar-refractivity contribution is 9.09. The van der Waals surface area contributed by atoms with Crippen molar-refractivity contribution in [3.8, 4) is 5.75 Å². The lowest BCUT2D eigenvalue weighted by molar-refractivity contribution is 0.474. The molecule has 1 N–H and O–H groups in total. The Hall–Kier alpha value is -0.800. The van der Waals surface area contributed by atoms with Gasteiger partial charge in [-0.25, -0.2) is 0 Å². The van der Waals surface area contributed by atoms with E-state index in [0.29, 0.717) is 5.75 Å². The molecule has 0 aliphatic carbocycles. The van der Waals surface area contributed by atoms with Gasteiger partial charge >= 0.3 is 0 Å². The van der Waals surface area contributed by atoms with Crippen molar-refractivity contribution in [2.45, 2.75) is 18.8 Å². The zero-order valence-corrected chi connectivity index (χ0v) is 14.6. The summed E-state index contributed by atoms with van der Waals surface area (Å²) < 4.78 is 0. The van der Waals surface area contributed by atoms with Crippen LogP contribution >= 0.6 is 31.9 Å². The van der Waals surface area contributed by atoms with Crippen molar-refractivity contribution in [2.24, 2.45) is 0 Å². The predicted molar refractivity (Wildman–Crippen MR) is 92.3 cm³/mol. The number of phenolic OH excluding ortho intramolecular Hbond substituents is 1. The van der Waals surface area contributed by atoms with Crippen LogP contribution in [0.15, 0.2) is 48.5 Å². The van der Waals surface area contributed by atoms with Crippen LogP contribution in [-0.2, 0) is 11.8 Å². The van der Waals surface area contributed by atoms with E-state index >= 15 is 0 Å². The molecule has 3 heteroatoms. The third kappa shape index (κ3) is 3.44. The summed E-state index contributed by atoms with van der Waals surface area (Å²) in [6.07, 6.45) is 0.924. The first-order valence-corrected chi connectivity index (χ1v) is 8.81. The molecule has 106 valence electrons. The van der Waals surface area contributed by atoms with Crippen LogP contribution in [0, 0.1) is 6.92 Å². The van der Waals surface area contributed by atoms with E-state index in [1.807, 2.05) is 12.1 Å². The summed E-state index contributed by atoms with van der Waals surface area (Å²) in [4.78, 5) is 0. The van der Waals surface area contributed by atoms with Gasteiger partial charge in [0.05, 0.1) is 0 Å². The minimum atomic E-state index is 0.0169. The standard InChI is InChI=1S/C17H18Br2O/c1-13-3-2-4-15(9-13)17(11-18,12-19)10-14-5-7-16(20)8-6-14/h2-9,20H,10-12H2,1H3. The van der Waals surface area contributed by atoms with E-state index in [2.05, 4.69) is 63.0 Å². The van der Waals surface area contributed by atoms with E-state index in [0.717, 1.165) is 17.1 Å². The van der Waals surface area contributed by atoms with Gasteiger partial charge in [-0.15, -0.1) is 0 Å². The fourth-order valence-corrected chi connectivity index (χ4v) is 4.34. The van der Waals surface area contributed by atoms with Gasteiger partial charge in [0.15, 0.2) is 0 Å². The number of hydrogen-bond acceptors (Lipinski definition) is 1. The highest BCUT2D eigenvalue weighted by Crippen LogP contribution is 2.33. The molecule has 0 spiro atoms. The fourth-order valence-electron chi connectivity index (χ4n) is 2.37. The second-order valence-corrected chi connectivity index (χ2v) is 6.38. The lowest BCUT2D eigenvalue weighted by Gasteiger charge is -2.31. The van der Waals surface area contributed by atoms with Crippen molar-refractivity contribution < 1.29 is 5.11 Å². The van der Waals surface area contributed by atoms with Gasteiger partial charge in [0.25, 0.3) is 0 Å². The van der Waals surface area contributed by atoms with E-state index in [1.165, 1.54) is 16.7 Å². The Morgan fingerprint density at radius 1 is 1.00 bits per heavy atom. The number of aromatic hydroxyl groups is 1. The number of benzene rings is 2. The molecule has 0 amide bonds. The van der Waals surface area contributed by atoms with Crippen LogP contribution in [0.5, 0.6) is 5.75 Å². The SMILES string of the molecule is Cc1cccc(C(CBr)(CBr)Cc2ccc(O)cc2)c1. The second-order valence-electron chi connectivity index (χ2n) is 5.26. The fraction of sp³-hybridized carbons (Fsp3) is 0.294. The minimum Gasteiger partial charge on any atom is -0.508 e. The van der Waals surface area contributed by atoms with Gasteiger partial charge in [0.2, 0.25) is 0 Å². The summed E-state index contributed by atoms with van der Waals surface area (Å²) >= 11 is 7.37. The largest absolute Gasteiger partial charge is 0.508 e. The normalized spacial score (nSPS) is 11.6. The van der Waals surface area contributed by atoms with Crippen molar-refractivity contribution in [3.63, 3.8) is 0 Å². The molecule has 2 rings (SSSR count). The molecule has 0 radical (unpaired) electrons. The molecule has 0 atom stereocenters. The van der Waals surface area contributed by atoms with Crippen LogP contribution in [0.3, 0.4) is 0 Å². The zero-order chi connectivity index (χ0) is 14.6. The summed E-state index contributed by atoms with van der Waals surface area (Å²) in [6, 6.07) is 16.2. The molecule has 20 heavy (non-hydrogen) atoms. The zero-order valence-electron chi connectivity index (χ0n) is 11.4. The Bertz CT molecular complexity index is 559. The molecule has 0 fully saturated rings. The Morgan fingerprint density at radius 2 is 1.65 bits per heavy atom. The van der Waals surface area contributed by atoms with E-state index in [1.54, 1.807) is 12.1 Å². The van der Waals surface area contributed by atoms with Gasteiger partial charge in [-0.1, -0.05) is 73.8 Å². The van der Waals surface area contributed by atoms with E-state index < -0.39 is 0 Å². The topological polar surface area (TPSA) is 20.2 Å². The molecule has 0 saturated carbocycles. The molecule has 0 saturated heterocycles. The van der Waals surface area contributed by atoms with Crippen molar-refractivity contribution in [1.29, 1.82) is 0 Å². The Morgan fingerprint density at radius 3 is 2.20 bits per heavy atom. The minimum absolute atomic E-state index is 0.0169.